The Balaban J connectivity index is 1.83. The number of carbonyl (C=O) groups is 1. The summed E-state index contributed by atoms with van der Waals surface area (Å²) in [5.41, 5.74) is 1.67. The highest BCUT2D eigenvalue weighted by Crippen LogP contribution is 2.41. The van der Waals surface area contributed by atoms with Crippen molar-refractivity contribution >= 4 is 50.1 Å². The number of methoxy groups -OCH3 is 4. The van der Waals surface area contributed by atoms with Gasteiger partial charge >= 0.3 is 5.97 Å². The molecule has 1 aromatic heterocycles. The maximum atomic E-state index is 14.3. The molecule has 0 bridgehead atoms. The second-order valence-corrected chi connectivity index (χ2v) is 11.2. The monoisotopic (exact) mass is 652 g/mol. The van der Waals surface area contributed by atoms with Crippen molar-refractivity contribution in [3.05, 3.63) is 89.0 Å². The van der Waals surface area contributed by atoms with E-state index in [4.69, 9.17) is 23.7 Å². The molecule has 11 heteroatoms. The molecule has 1 aliphatic rings. The van der Waals surface area contributed by atoms with Gasteiger partial charge in [0.1, 0.15) is 29.0 Å². The van der Waals surface area contributed by atoms with Crippen molar-refractivity contribution in [2.75, 3.05) is 35.0 Å². The van der Waals surface area contributed by atoms with Gasteiger partial charge in [0, 0.05) is 17.2 Å². The number of halogens is 1. The van der Waals surface area contributed by atoms with Crippen molar-refractivity contribution < 1.29 is 28.5 Å². The number of allylic oxidation sites excluding steroid dienone is 1. The first-order valence-corrected chi connectivity index (χ1v) is 14.6. The van der Waals surface area contributed by atoms with Crippen LogP contribution in [0.4, 0.5) is 0 Å². The van der Waals surface area contributed by atoms with Gasteiger partial charge in [0.05, 0.1) is 55.3 Å². The number of thiazole rings is 1. The maximum Gasteiger partial charge on any atom is 0.338 e. The van der Waals surface area contributed by atoms with Gasteiger partial charge in [-0.25, -0.2) is 9.79 Å². The average Bonchev–Trinajstić information content (AvgIpc) is 3.30. The molecular formula is C31H29BrN2O7S. The van der Waals surface area contributed by atoms with Gasteiger partial charge in [0.2, 0.25) is 0 Å². The lowest BCUT2D eigenvalue weighted by atomic mass is 9.95. The first-order valence-electron chi connectivity index (χ1n) is 13.0. The van der Waals surface area contributed by atoms with Crippen LogP contribution in [0.15, 0.2) is 68.0 Å². The zero-order valence-electron chi connectivity index (χ0n) is 23.9. The van der Waals surface area contributed by atoms with Gasteiger partial charge in [-0.2, -0.15) is 0 Å². The normalized spacial score (nSPS) is 14.8. The van der Waals surface area contributed by atoms with Crippen molar-refractivity contribution in [3.8, 4) is 23.0 Å². The van der Waals surface area contributed by atoms with Crippen molar-refractivity contribution in [1.82, 2.24) is 4.57 Å². The number of benzene rings is 3. The van der Waals surface area contributed by atoms with Crippen molar-refractivity contribution in [3.63, 3.8) is 0 Å². The molecule has 9 nitrogen and oxygen atoms in total. The lowest BCUT2D eigenvalue weighted by Gasteiger charge is -2.26. The van der Waals surface area contributed by atoms with Crippen LogP contribution in [-0.2, 0) is 9.53 Å². The molecule has 1 aliphatic heterocycles. The Morgan fingerprint density at radius 3 is 2.38 bits per heavy atom. The quantitative estimate of drug-likeness (QED) is 0.254. The molecule has 1 atom stereocenters. The number of carbonyl (C=O) groups excluding carboxylic acids is 1. The molecule has 0 radical (unpaired) electrons. The zero-order valence-corrected chi connectivity index (χ0v) is 26.3. The molecule has 0 aliphatic carbocycles. The van der Waals surface area contributed by atoms with Gasteiger partial charge in [-0.3, -0.25) is 9.36 Å². The van der Waals surface area contributed by atoms with Crippen LogP contribution in [0.2, 0.25) is 0 Å². The topological polar surface area (TPSA) is 97.6 Å². The number of esters is 1. The molecule has 1 unspecified atom stereocenters. The molecule has 42 heavy (non-hydrogen) atoms. The molecule has 2 heterocycles. The van der Waals surface area contributed by atoms with E-state index in [-0.39, 0.29) is 17.7 Å². The van der Waals surface area contributed by atoms with Gasteiger partial charge in [-0.15, -0.1) is 0 Å². The van der Waals surface area contributed by atoms with Crippen LogP contribution in [0.5, 0.6) is 23.0 Å². The first kappa shape index (κ1) is 29.4. The molecule has 218 valence electrons. The Morgan fingerprint density at radius 1 is 1.00 bits per heavy atom. The number of nitrogens with zero attached hydrogens (tertiary/aromatic N) is 2. The predicted octanol–water partition coefficient (Wildman–Crippen LogP) is 4.75. The number of fused-ring (bicyclic) bond motifs is 2. The highest BCUT2D eigenvalue weighted by Gasteiger charge is 2.35. The third-order valence-corrected chi connectivity index (χ3v) is 8.64. The van der Waals surface area contributed by atoms with E-state index in [9.17, 15) is 9.59 Å². The summed E-state index contributed by atoms with van der Waals surface area (Å²) < 4.78 is 30.3. The van der Waals surface area contributed by atoms with Crippen LogP contribution in [0.3, 0.4) is 0 Å². The average molecular weight is 654 g/mol. The highest BCUT2D eigenvalue weighted by atomic mass is 79.9. The third kappa shape index (κ3) is 5.07. The second-order valence-electron chi connectivity index (χ2n) is 9.30. The van der Waals surface area contributed by atoms with E-state index in [1.54, 1.807) is 53.4 Å². The molecular weight excluding hydrogens is 624 g/mol. The van der Waals surface area contributed by atoms with Crippen LogP contribution < -0.4 is 33.8 Å². The summed E-state index contributed by atoms with van der Waals surface area (Å²) in [6, 6.07) is 12.2. The summed E-state index contributed by atoms with van der Waals surface area (Å²) >= 11 is 4.77. The largest absolute Gasteiger partial charge is 0.497 e. The molecule has 3 aromatic carbocycles. The van der Waals surface area contributed by atoms with Crippen molar-refractivity contribution in [2.45, 2.75) is 19.9 Å². The fraction of sp³-hybridized carbons (Fsp3) is 0.258. The molecule has 0 saturated heterocycles. The molecule has 0 amide bonds. The lowest BCUT2D eigenvalue weighted by molar-refractivity contribution is -0.139. The van der Waals surface area contributed by atoms with Crippen LogP contribution in [-0.4, -0.2) is 45.6 Å². The van der Waals surface area contributed by atoms with Crippen LogP contribution in [0.25, 0.3) is 16.8 Å². The van der Waals surface area contributed by atoms with Gasteiger partial charge in [-0.1, -0.05) is 23.5 Å². The maximum absolute atomic E-state index is 14.3. The standard InChI is InChI=1S/C31H29BrN2O7S/c1-7-41-30(36)27-16(2)33-31-34(28(27)21-13-22(32)25(40-6)15-24(21)39-5)29(35)26(42-31)14-20-19-12-18(37-3)10-8-17(19)9-11-23(20)38-4/h8-15,28H,7H2,1-6H3/b26-14+. The Hall–Kier alpha value is -4.09. The minimum atomic E-state index is -0.867. The fourth-order valence-corrected chi connectivity index (χ4v) is 6.62. The third-order valence-electron chi connectivity index (χ3n) is 7.04. The molecule has 4 aromatic rings. The van der Waals surface area contributed by atoms with E-state index in [0.717, 1.165) is 16.3 Å². The van der Waals surface area contributed by atoms with Crippen molar-refractivity contribution in [2.24, 2.45) is 4.99 Å². The molecule has 0 N–H and O–H groups in total. The van der Waals surface area contributed by atoms with E-state index in [2.05, 4.69) is 20.9 Å². The zero-order chi connectivity index (χ0) is 30.1. The van der Waals surface area contributed by atoms with E-state index < -0.39 is 12.0 Å². The summed E-state index contributed by atoms with van der Waals surface area (Å²) in [4.78, 5) is 32.7. The summed E-state index contributed by atoms with van der Waals surface area (Å²) in [5, 5.41) is 1.82. The second kappa shape index (κ2) is 12.0. The van der Waals surface area contributed by atoms with Crippen LogP contribution in [0.1, 0.15) is 31.0 Å². The Morgan fingerprint density at radius 2 is 1.71 bits per heavy atom. The van der Waals surface area contributed by atoms with E-state index >= 15 is 0 Å². The SMILES string of the molecule is CCOC(=O)C1=C(C)N=c2s/c(=C/c3c(OC)ccc4ccc(OC)cc34)c(=O)n2C1c1cc(Br)c(OC)cc1OC. The minimum Gasteiger partial charge on any atom is -0.497 e. The number of rotatable bonds is 8. The molecule has 0 saturated carbocycles. The minimum absolute atomic E-state index is 0.167. The summed E-state index contributed by atoms with van der Waals surface area (Å²) in [5.74, 6) is 1.70. The lowest BCUT2D eigenvalue weighted by Crippen LogP contribution is -2.40. The summed E-state index contributed by atoms with van der Waals surface area (Å²) in [7, 11) is 6.27. The summed E-state index contributed by atoms with van der Waals surface area (Å²) in [6.45, 7) is 3.64. The number of hydrogen-bond donors (Lipinski definition) is 0. The predicted molar refractivity (Wildman–Crippen MR) is 165 cm³/mol. The van der Waals surface area contributed by atoms with Gasteiger partial charge in [0.15, 0.2) is 4.80 Å². The van der Waals surface area contributed by atoms with Crippen LogP contribution in [0, 0.1) is 0 Å². The molecule has 0 spiro atoms. The summed E-state index contributed by atoms with van der Waals surface area (Å²) in [6.07, 6.45) is 1.80. The van der Waals surface area contributed by atoms with Crippen molar-refractivity contribution in [1.29, 1.82) is 0 Å². The number of hydrogen-bond acceptors (Lipinski definition) is 9. The molecule has 5 rings (SSSR count). The van der Waals surface area contributed by atoms with E-state index in [1.165, 1.54) is 23.0 Å². The van der Waals surface area contributed by atoms with Gasteiger partial charge in [0.25, 0.3) is 5.56 Å². The highest BCUT2D eigenvalue weighted by molar-refractivity contribution is 9.10. The van der Waals surface area contributed by atoms with Gasteiger partial charge < -0.3 is 23.7 Å². The van der Waals surface area contributed by atoms with E-state index in [0.29, 0.717) is 48.1 Å². The van der Waals surface area contributed by atoms with Crippen LogP contribution >= 0.6 is 27.3 Å². The number of ether oxygens (including phenoxy) is 5. The Bertz CT molecular complexity index is 1920. The van der Waals surface area contributed by atoms with E-state index in [1.807, 2.05) is 30.3 Å². The molecule has 0 fully saturated rings. The Kier molecular flexibility index (Phi) is 8.42. The fourth-order valence-electron chi connectivity index (χ4n) is 5.07. The smallest absolute Gasteiger partial charge is 0.338 e. The number of aromatic nitrogens is 1. The van der Waals surface area contributed by atoms with Gasteiger partial charge in [-0.05, 0) is 70.9 Å². The first-order chi connectivity index (χ1) is 20.3. The Labute approximate surface area is 254 Å².